The summed E-state index contributed by atoms with van der Waals surface area (Å²) in [7, 11) is 0. The number of ether oxygens (including phenoxy) is 2. The second-order valence-electron chi connectivity index (χ2n) is 10.1. The van der Waals surface area contributed by atoms with Gasteiger partial charge in [0.05, 0.1) is 13.2 Å². The van der Waals surface area contributed by atoms with Crippen molar-refractivity contribution in [3.8, 4) is 23.0 Å². The van der Waals surface area contributed by atoms with Gasteiger partial charge in [0.25, 0.3) is 0 Å². The first-order chi connectivity index (χ1) is 27.1. The number of para-hydroxylation sites is 2. The Kier molecular flexibility index (Phi) is 52.4. The molecule has 0 spiro atoms. The van der Waals surface area contributed by atoms with Crippen LogP contribution < -0.4 is 9.47 Å². The molecule has 0 bridgehead atoms. The molecule has 0 atom stereocenters. The molecule has 6 nitrogen and oxygen atoms in total. The second-order valence-corrected chi connectivity index (χ2v) is 13.2. The van der Waals surface area contributed by atoms with Crippen LogP contribution in [0.25, 0.3) is 0 Å². The number of phenolic OH excluding ortho intramolecular Hbond substituents is 2. The van der Waals surface area contributed by atoms with Crippen LogP contribution in [0.4, 0.5) is 0 Å². The van der Waals surface area contributed by atoms with E-state index in [1.807, 2.05) is 76.2 Å². The van der Waals surface area contributed by atoms with Crippen molar-refractivity contribution in [1.29, 1.82) is 0 Å². The fourth-order valence-electron chi connectivity index (χ4n) is 3.06. The average Bonchev–Trinajstić information content (AvgIpc) is 3.22. The highest BCUT2D eigenvalue weighted by Gasteiger charge is 2.00. The van der Waals surface area contributed by atoms with Gasteiger partial charge in [0.1, 0.15) is 23.0 Å². The molecular formula is C44H62Br2Cl4O6. The summed E-state index contributed by atoms with van der Waals surface area (Å²) >= 11 is 28.0. The summed E-state index contributed by atoms with van der Waals surface area (Å²) in [6, 6.07) is 31.9. The highest BCUT2D eigenvalue weighted by molar-refractivity contribution is 9.09. The van der Waals surface area contributed by atoms with Crippen molar-refractivity contribution in [3.05, 3.63) is 120 Å². The number of benzene rings is 4. The molecule has 4 aromatic carbocycles. The Morgan fingerprint density at radius 1 is 0.500 bits per heavy atom. The van der Waals surface area contributed by atoms with E-state index in [0.717, 1.165) is 59.6 Å². The molecule has 0 amide bonds. The average molecular weight is 989 g/mol. The topological polar surface area (TPSA) is 93.1 Å². The zero-order valence-corrected chi connectivity index (χ0v) is 39.9. The first-order valence-electron chi connectivity index (χ1n) is 18.4. The first-order valence-corrected chi connectivity index (χ1v) is 22.8. The molecule has 0 aromatic heterocycles. The van der Waals surface area contributed by atoms with E-state index in [4.69, 9.17) is 66.1 Å². The lowest BCUT2D eigenvalue weighted by molar-refractivity contribution is 0.100. The molecule has 0 fully saturated rings. The third-order valence-corrected chi connectivity index (χ3v) is 7.81. The number of carbonyl (C=O) groups is 2. The van der Waals surface area contributed by atoms with Crippen LogP contribution >= 0.6 is 78.3 Å². The van der Waals surface area contributed by atoms with Gasteiger partial charge in [0.15, 0.2) is 11.6 Å². The van der Waals surface area contributed by atoms with E-state index in [-0.39, 0.29) is 17.3 Å². The van der Waals surface area contributed by atoms with Crippen molar-refractivity contribution in [2.45, 2.75) is 67.2 Å². The van der Waals surface area contributed by atoms with Crippen molar-refractivity contribution in [1.82, 2.24) is 0 Å². The maximum absolute atomic E-state index is 11.1. The third kappa shape index (κ3) is 42.7. The van der Waals surface area contributed by atoms with E-state index < -0.39 is 0 Å². The predicted molar refractivity (Wildman–Crippen MR) is 252 cm³/mol. The zero-order chi connectivity index (χ0) is 43.2. The number of aromatic hydroxyl groups is 2. The number of Topliss-reactive ketones (excluding diaryl/α,β-unsaturated/α-hetero) is 2. The van der Waals surface area contributed by atoms with Gasteiger partial charge in [0, 0.05) is 45.3 Å². The van der Waals surface area contributed by atoms with E-state index in [1.165, 1.54) is 26.0 Å². The zero-order valence-electron chi connectivity index (χ0n) is 33.7. The Hall–Kier alpha value is -2.46. The van der Waals surface area contributed by atoms with Crippen LogP contribution in [0.15, 0.2) is 109 Å². The van der Waals surface area contributed by atoms with Crippen LogP contribution in [0.2, 0.25) is 0 Å². The number of ketones is 2. The molecule has 0 saturated heterocycles. The molecule has 316 valence electrons. The van der Waals surface area contributed by atoms with E-state index in [9.17, 15) is 9.59 Å². The van der Waals surface area contributed by atoms with Gasteiger partial charge in [-0.1, -0.05) is 120 Å². The molecule has 0 aliphatic heterocycles. The second kappa shape index (κ2) is 48.7. The Morgan fingerprint density at radius 3 is 1.18 bits per heavy atom. The van der Waals surface area contributed by atoms with Crippen LogP contribution in [-0.4, -0.2) is 69.2 Å². The first kappa shape index (κ1) is 60.2. The maximum atomic E-state index is 11.1. The van der Waals surface area contributed by atoms with E-state index >= 15 is 0 Å². The molecule has 0 unspecified atom stereocenters. The van der Waals surface area contributed by atoms with Crippen molar-refractivity contribution < 1.29 is 29.3 Å². The minimum absolute atomic E-state index is 0.0316. The monoisotopic (exact) mass is 984 g/mol. The SMILES string of the molecule is CC.CC.CC(=O)c1cccc(O)c1.CC(=O)c1cccc(OCCCCl)c1.ClCCCBr.ClCCCBr.ClCCCOc1ccccc1.Oc1ccccc1. The van der Waals surface area contributed by atoms with Crippen LogP contribution in [0.1, 0.15) is 87.9 Å². The molecular weight excluding hydrogens is 926 g/mol. The summed E-state index contributed by atoms with van der Waals surface area (Å²) in [4.78, 5) is 21.7. The molecule has 0 aliphatic rings. The van der Waals surface area contributed by atoms with Gasteiger partial charge >= 0.3 is 0 Å². The largest absolute Gasteiger partial charge is 0.508 e. The van der Waals surface area contributed by atoms with Crippen molar-refractivity contribution >= 4 is 89.8 Å². The highest BCUT2D eigenvalue weighted by Crippen LogP contribution is 2.14. The molecule has 56 heavy (non-hydrogen) atoms. The van der Waals surface area contributed by atoms with Gasteiger partial charge < -0.3 is 19.7 Å². The van der Waals surface area contributed by atoms with Crippen LogP contribution in [0, 0.1) is 0 Å². The summed E-state index contributed by atoms with van der Waals surface area (Å²) in [5, 5.41) is 19.6. The van der Waals surface area contributed by atoms with Gasteiger partial charge in [-0.3, -0.25) is 9.59 Å². The smallest absolute Gasteiger partial charge is 0.159 e. The van der Waals surface area contributed by atoms with E-state index in [0.29, 0.717) is 41.9 Å². The summed E-state index contributed by atoms with van der Waals surface area (Å²) < 4.78 is 10.8. The number of hydrogen-bond acceptors (Lipinski definition) is 6. The van der Waals surface area contributed by atoms with Gasteiger partial charge in [-0.05, 0) is 88.1 Å². The molecule has 0 aliphatic carbocycles. The number of alkyl halides is 6. The molecule has 0 saturated carbocycles. The normalized spacial score (nSPS) is 8.79. The number of rotatable bonds is 14. The van der Waals surface area contributed by atoms with Crippen LogP contribution in [-0.2, 0) is 0 Å². The Balaban J connectivity index is -0.000000294. The highest BCUT2D eigenvalue weighted by atomic mass is 79.9. The molecule has 4 rings (SSSR count). The summed E-state index contributed by atoms with van der Waals surface area (Å²) in [6.45, 7) is 12.3. The molecule has 0 heterocycles. The molecule has 0 radical (unpaired) electrons. The lowest BCUT2D eigenvalue weighted by Gasteiger charge is -2.05. The number of hydrogen-bond donors (Lipinski definition) is 2. The summed E-state index contributed by atoms with van der Waals surface area (Å²) in [5.74, 6) is 4.90. The van der Waals surface area contributed by atoms with Gasteiger partial charge in [-0.2, -0.15) is 0 Å². The summed E-state index contributed by atoms with van der Waals surface area (Å²) in [6.07, 6.45) is 3.85. The lowest BCUT2D eigenvalue weighted by Crippen LogP contribution is -1.99. The van der Waals surface area contributed by atoms with E-state index in [2.05, 4.69) is 31.9 Å². The predicted octanol–water partition coefficient (Wildman–Crippen LogP) is 14.7. The Morgan fingerprint density at radius 2 is 0.857 bits per heavy atom. The number of halogens is 6. The Labute approximate surface area is 374 Å². The van der Waals surface area contributed by atoms with Gasteiger partial charge in [-0.15, -0.1) is 46.4 Å². The summed E-state index contributed by atoms with van der Waals surface area (Å²) in [5.41, 5.74) is 1.22. The molecule has 12 heteroatoms. The van der Waals surface area contributed by atoms with Crippen molar-refractivity contribution in [2.75, 3.05) is 47.4 Å². The number of phenols is 2. The maximum Gasteiger partial charge on any atom is 0.159 e. The lowest BCUT2D eigenvalue weighted by atomic mass is 10.1. The van der Waals surface area contributed by atoms with Gasteiger partial charge in [-0.25, -0.2) is 0 Å². The number of carbonyl (C=O) groups excluding carboxylic acids is 2. The minimum Gasteiger partial charge on any atom is -0.508 e. The van der Waals surface area contributed by atoms with Crippen molar-refractivity contribution in [2.24, 2.45) is 0 Å². The molecule has 2 N–H and O–H groups in total. The fourth-order valence-corrected chi connectivity index (χ4v) is 4.76. The third-order valence-electron chi connectivity index (χ3n) is 5.62. The fraction of sp³-hybridized carbons (Fsp3) is 0.409. The minimum atomic E-state index is -0.0316. The quantitative estimate of drug-likeness (QED) is 0.0743. The Bertz CT molecular complexity index is 1390. The van der Waals surface area contributed by atoms with Crippen LogP contribution in [0.5, 0.6) is 23.0 Å². The van der Waals surface area contributed by atoms with Gasteiger partial charge in [0.2, 0.25) is 0 Å². The standard InChI is InChI=1S/C11H13ClO2.C9H11ClO.C8H8O2.C6H6O.2C3H6BrCl.2C2H6/c1-9(13)10-4-2-5-11(8-10)14-7-3-6-12;10-7-4-8-11-9-5-2-1-3-6-9;1-6(9)7-3-2-4-8(10)5-7;7-6-4-2-1-3-5-6;2*4-2-1-3-5;2*1-2/h2,4-5,8H,3,6-7H2,1H3;1-3,5-6H,4,7-8H2;2-5,10H,1H3;1-5,7H;2*1-3H2;2*1-2H3. The molecule has 4 aromatic rings. The van der Waals surface area contributed by atoms with Crippen molar-refractivity contribution in [3.63, 3.8) is 0 Å². The van der Waals surface area contributed by atoms with Crippen LogP contribution in [0.3, 0.4) is 0 Å². The van der Waals surface area contributed by atoms with E-state index in [1.54, 1.807) is 48.5 Å².